The zero-order chi connectivity index (χ0) is 14.5. The molecule has 0 bridgehead atoms. The van der Waals surface area contributed by atoms with Crippen LogP contribution in [0.3, 0.4) is 0 Å². The molecule has 0 aliphatic carbocycles. The summed E-state index contributed by atoms with van der Waals surface area (Å²) in [6, 6.07) is 14.7. The highest BCUT2D eigenvalue weighted by atomic mass is 15.2. The summed E-state index contributed by atoms with van der Waals surface area (Å²) in [4.78, 5) is 2.47. The first-order valence-corrected chi connectivity index (χ1v) is 7.56. The zero-order valence-electron chi connectivity index (χ0n) is 12.5. The Morgan fingerprint density at radius 2 is 2.05 bits per heavy atom. The van der Waals surface area contributed by atoms with Gasteiger partial charge in [-0.1, -0.05) is 30.3 Å². The van der Waals surface area contributed by atoms with Crippen molar-refractivity contribution in [3.63, 3.8) is 0 Å². The van der Waals surface area contributed by atoms with E-state index in [9.17, 15) is 0 Å². The first-order valence-electron chi connectivity index (χ1n) is 7.56. The summed E-state index contributed by atoms with van der Waals surface area (Å²) in [7, 11) is 0. The van der Waals surface area contributed by atoms with Crippen LogP contribution in [0.15, 0.2) is 48.7 Å². The highest BCUT2D eigenvalue weighted by Gasteiger charge is 2.30. The molecular weight excluding hydrogens is 260 g/mol. The van der Waals surface area contributed by atoms with Crippen molar-refractivity contribution in [2.75, 3.05) is 19.6 Å². The number of nitrogens with zero attached hydrogens (tertiary/aromatic N) is 3. The molecule has 1 saturated heterocycles. The van der Waals surface area contributed by atoms with Crippen LogP contribution < -0.4 is 5.32 Å². The molecule has 1 aromatic carbocycles. The highest BCUT2D eigenvalue weighted by Crippen LogP contribution is 2.24. The van der Waals surface area contributed by atoms with Crippen LogP contribution in [0, 0.1) is 0 Å². The molecule has 3 rings (SSSR count). The molecule has 0 radical (unpaired) electrons. The van der Waals surface area contributed by atoms with Crippen molar-refractivity contribution in [3.8, 4) is 0 Å². The molecule has 1 fully saturated rings. The van der Waals surface area contributed by atoms with Crippen molar-refractivity contribution in [3.05, 3.63) is 59.9 Å². The fourth-order valence-electron chi connectivity index (χ4n) is 3.03. The third kappa shape index (κ3) is 3.46. The van der Waals surface area contributed by atoms with Gasteiger partial charge in [-0.2, -0.15) is 10.2 Å². The number of nitrogens with one attached hydrogen (secondary N) is 1. The largest absolute Gasteiger partial charge is 0.307 e. The molecule has 1 atom stereocenters. The molecular formula is C17H22N4. The van der Waals surface area contributed by atoms with Crippen molar-refractivity contribution < 1.29 is 0 Å². The summed E-state index contributed by atoms with van der Waals surface area (Å²) < 4.78 is 0. The molecule has 2 aromatic rings. The van der Waals surface area contributed by atoms with Crippen LogP contribution in [-0.4, -0.2) is 34.7 Å². The van der Waals surface area contributed by atoms with Gasteiger partial charge in [-0.05, 0) is 44.1 Å². The van der Waals surface area contributed by atoms with Gasteiger partial charge < -0.3 is 5.32 Å². The summed E-state index contributed by atoms with van der Waals surface area (Å²) in [5.41, 5.74) is 2.37. The van der Waals surface area contributed by atoms with Crippen molar-refractivity contribution in [1.29, 1.82) is 0 Å². The summed E-state index contributed by atoms with van der Waals surface area (Å²) in [6.45, 7) is 6.26. The molecule has 0 spiro atoms. The van der Waals surface area contributed by atoms with Gasteiger partial charge >= 0.3 is 0 Å². The van der Waals surface area contributed by atoms with Crippen LogP contribution in [0.4, 0.5) is 0 Å². The lowest BCUT2D eigenvalue weighted by Crippen LogP contribution is -2.46. The summed E-state index contributed by atoms with van der Waals surface area (Å²) >= 11 is 0. The summed E-state index contributed by atoms with van der Waals surface area (Å²) in [5.74, 6) is 0. The Bertz CT molecular complexity index is 558. The van der Waals surface area contributed by atoms with Crippen LogP contribution in [0.1, 0.15) is 24.6 Å². The number of rotatable bonds is 3. The maximum absolute atomic E-state index is 4.21. The maximum atomic E-state index is 4.21. The van der Waals surface area contributed by atoms with Gasteiger partial charge in [0.1, 0.15) is 0 Å². The van der Waals surface area contributed by atoms with Crippen LogP contribution in [0.2, 0.25) is 0 Å². The molecule has 110 valence electrons. The Balaban J connectivity index is 1.77. The molecule has 21 heavy (non-hydrogen) atoms. The van der Waals surface area contributed by atoms with Gasteiger partial charge in [0.2, 0.25) is 0 Å². The van der Waals surface area contributed by atoms with Crippen LogP contribution in [0.5, 0.6) is 0 Å². The van der Waals surface area contributed by atoms with Gasteiger partial charge in [-0.25, -0.2) is 0 Å². The molecule has 1 aliphatic rings. The van der Waals surface area contributed by atoms with E-state index in [2.05, 4.69) is 57.7 Å². The first-order chi connectivity index (χ1) is 10.3. The second-order valence-electron chi connectivity index (χ2n) is 5.90. The fraction of sp³-hybridized carbons (Fsp3) is 0.412. The van der Waals surface area contributed by atoms with Gasteiger partial charge in [0.15, 0.2) is 0 Å². The monoisotopic (exact) mass is 282 g/mol. The highest BCUT2D eigenvalue weighted by molar-refractivity contribution is 5.24. The SMILES string of the molecule is CC1(c2ccccc2)CN(Cc2cccnn2)CCCN1. The lowest BCUT2D eigenvalue weighted by atomic mass is 9.91. The molecule has 2 heterocycles. The van der Waals surface area contributed by atoms with Crippen LogP contribution >= 0.6 is 0 Å². The second kappa shape index (κ2) is 6.33. The standard InChI is InChI=1S/C17H22N4/c1-17(15-7-3-2-4-8-15)14-21(12-6-10-18-17)13-16-9-5-11-19-20-16/h2-5,7-9,11,18H,6,10,12-14H2,1H3. The molecule has 1 unspecified atom stereocenters. The number of hydrogen-bond donors (Lipinski definition) is 1. The molecule has 1 aliphatic heterocycles. The van der Waals surface area contributed by atoms with Crippen LogP contribution in [-0.2, 0) is 12.1 Å². The molecule has 0 saturated carbocycles. The summed E-state index contributed by atoms with van der Waals surface area (Å²) in [5, 5.41) is 11.9. The molecule has 0 amide bonds. The van der Waals surface area contributed by atoms with Crippen molar-refractivity contribution in [1.82, 2.24) is 20.4 Å². The average molecular weight is 282 g/mol. The van der Waals surface area contributed by atoms with Gasteiger partial charge in [0.25, 0.3) is 0 Å². The lowest BCUT2D eigenvalue weighted by molar-refractivity contribution is 0.211. The Hall–Kier alpha value is -1.78. The Labute approximate surface area is 126 Å². The van der Waals surface area contributed by atoms with E-state index in [1.165, 1.54) is 5.56 Å². The van der Waals surface area contributed by atoms with E-state index >= 15 is 0 Å². The van der Waals surface area contributed by atoms with Crippen molar-refractivity contribution in [2.24, 2.45) is 0 Å². The lowest BCUT2D eigenvalue weighted by Gasteiger charge is -2.34. The second-order valence-corrected chi connectivity index (χ2v) is 5.90. The van der Waals surface area contributed by atoms with Gasteiger partial charge in [-0.3, -0.25) is 4.90 Å². The topological polar surface area (TPSA) is 41.1 Å². The van der Waals surface area contributed by atoms with E-state index in [1.807, 2.05) is 12.1 Å². The Kier molecular flexibility index (Phi) is 4.27. The Morgan fingerprint density at radius 3 is 2.81 bits per heavy atom. The molecule has 1 aromatic heterocycles. The third-order valence-corrected chi connectivity index (χ3v) is 4.13. The fourth-order valence-corrected chi connectivity index (χ4v) is 3.03. The van der Waals surface area contributed by atoms with E-state index in [4.69, 9.17) is 0 Å². The van der Waals surface area contributed by atoms with Crippen molar-refractivity contribution >= 4 is 0 Å². The van der Waals surface area contributed by atoms with E-state index in [0.717, 1.165) is 38.3 Å². The van der Waals surface area contributed by atoms with Crippen molar-refractivity contribution in [2.45, 2.75) is 25.4 Å². The minimum atomic E-state index is -0.0139. The summed E-state index contributed by atoms with van der Waals surface area (Å²) in [6.07, 6.45) is 2.88. The van der Waals surface area contributed by atoms with Gasteiger partial charge in [0.05, 0.1) is 11.2 Å². The minimum Gasteiger partial charge on any atom is -0.307 e. The average Bonchev–Trinajstić information content (AvgIpc) is 2.72. The number of hydrogen-bond acceptors (Lipinski definition) is 4. The quantitative estimate of drug-likeness (QED) is 0.937. The first kappa shape index (κ1) is 14.2. The predicted octanol–water partition coefficient (Wildman–Crippen LogP) is 2.19. The number of aromatic nitrogens is 2. The smallest absolute Gasteiger partial charge is 0.0771 e. The van der Waals surface area contributed by atoms with Gasteiger partial charge in [-0.15, -0.1) is 0 Å². The third-order valence-electron chi connectivity index (χ3n) is 4.13. The van der Waals surface area contributed by atoms with E-state index in [-0.39, 0.29) is 5.54 Å². The predicted molar refractivity (Wildman–Crippen MR) is 83.7 cm³/mol. The normalized spacial score (nSPS) is 23.7. The van der Waals surface area contributed by atoms with Crippen LogP contribution in [0.25, 0.3) is 0 Å². The van der Waals surface area contributed by atoms with E-state index < -0.39 is 0 Å². The Morgan fingerprint density at radius 1 is 1.19 bits per heavy atom. The number of benzene rings is 1. The van der Waals surface area contributed by atoms with E-state index in [0.29, 0.717) is 0 Å². The minimum absolute atomic E-state index is 0.0139. The molecule has 1 N–H and O–H groups in total. The molecule has 4 nitrogen and oxygen atoms in total. The molecule has 4 heteroatoms. The zero-order valence-corrected chi connectivity index (χ0v) is 12.5. The van der Waals surface area contributed by atoms with E-state index in [1.54, 1.807) is 6.20 Å². The van der Waals surface area contributed by atoms with Gasteiger partial charge in [0, 0.05) is 19.3 Å². The maximum Gasteiger partial charge on any atom is 0.0771 e.